The van der Waals surface area contributed by atoms with E-state index in [9.17, 15) is 24.0 Å². The highest BCUT2D eigenvalue weighted by molar-refractivity contribution is 8.00. The van der Waals surface area contributed by atoms with Gasteiger partial charge in [-0.05, 0) is 72.1 Å². The third-order valence-corrected chi connectivity index (χ3v) is 10.1. The van der Waals surface area contributed by atoms with Crippen molar-refractivity contribution >= 4 is 75.6 Å². The normalized spacial score (nSPS) is 17.4. The van der Waals surface area contributed by atoms with Crippen molar-refractivity contribution in [2.24, 2.45) is 5.16 Å². The van der Waals surface area contributed by atoms with Crippen LogP contribution in [0.4, 0.5) is 9.93 Å². The van der Waals surface area contributed by atoms with Crippen LogP contribution < -0.4 is 10.6 Å². The lowest BCUT2D eigenvalue weighted by Gasteiger charge is -2.49. The number of hydrogen-bond acceptors (Lipinski definition) is 14. The maximum atomic E-state index is 14.0. The van der Waals surface area contributed by atoms with Crippen LogP contribution in [0.25, 0.3) is 0 Å². The van der Waals surface area contributed by atoms with Crippen molar-refractivity contribution in [3.63, 3.8) is 0 Å². The maximum Gasteiger partial charge on any atom is 0.414 e. The number of β-lactam (4-membered cyclic amide) rings is 1. The van der Waals surface area contributed by atoms with Gasteiger partial charge in [-0.2, -0.15) is 9.36 Å². The molecule has 0 saturated carbocycles. The molecule has 1 aromatic heterocycles. The number of ether oxygens (including phenoxy) is 3. The summed E-state index contributed by atoms with van der Waals surface area (Å²) in [5.41, 5.74) is -1.87. The summed E-state index contributed by atoms with van der Waals surface area (Å²) in [4.78, 5) is 78.2. The highest BCUT2D eigenvalue weighted by atomic mass is 35.5. The van der Waals surface area contributed by atoms with Crippen molar-refractivity contribution in [2.75, 3.05) is 16.9 Å². The number of anilines is 1. The van der Waals surface area contributed by atoms with E-state index in [2.05, 4.69) is 25.1 Å². The molecule has 3 heterocycles. The SMILES string of the molecule is CC(C)(C)OC(=O)Nc1nc(/C(=N/OC(C)(C)C(=O)OC(C)(C)C)C(=O)N[C@@H]2C(=O)N3C(C(=O)OC(c4ccccc4)c4ccccc4)=C(CCl)CS[C@@H]23)ns1. The molecule has 3 aromatic rings. The molecule has 0 radical (unpaired) electrons. The number of amides is 3. The molecule has 2 N–H and O–H groups in total. The molecule has 1 saturated heterocycles. The summed E-state index contributed by atoms with van der Waals surface area (Å²) in [6, 6.07) is 17.3. The Kier molecular flexibility index (Phi) is 12.8. The average molecular weight is 827 g/mol. The number of carbonyl (C=O) groups is 5. The molecule has 3 amide bonds. The van der Waals surface area contributed by atoms with Crippen molar-refractivity contribution in [3.8, 4) is 0 Å². The number of carbonyl (C=O) groups excluding carboxylic acids is 5. The quantitative estimate of drug-likeness (QED) is 0.0546. The van der Waals surface area contributed by atoms with Gasteiger partial charge < -0.3 is 24.4 Å². The van der Waals surface area contributed by atoms with Crippen LogP contribution in [0.3, 0.4) is 0 Å². The average Bonchev–Trinajstić information content (AvgIpc) is 3.58. The number of nitrogens with zero attached hydrogens (tertiary/aromatic N) is 4. The van der Waals surface area contributed by atoms with Gasteiger partial charge in [0.2, 0.25) is 22.3 Å². The van der Waals surface area contributed by atoms with Gasteiger partial charge in [-0.1, -0.05) is 65.8 Å². The van der Waals surface area contributed by atoms with Crippen molar-refractivity contribution < 1.29 is 43.0 Å². The molecule has 298 valence electrons. The number of alkyl halides is 1. The van der Waals surface area contributed by atoms with Crippen LogP contribution in [0.15, 0.2) is 77.1 Å². The minimum atomic E-state index is -1.68. The Morgan fingerprint density at radius 1 is 0.929 bits per heavy atom. The Morgan fingerprint density at radius 2 is 1.52 bits per heavy atom. The van der Waals surface area contributed by atoms with Crippen LogP contribution in [0.5, 0.6) is 0 Å². The van der Waals surface area contributed by atoms with Crippen molar-refractivity contribution in [1.82, 2.24) is 19.6 Å². The number of rotatable bonds is 12. The van der Waals surface area contributed by atoms with Gasteiger partial charge in [0, 0.05) is 23.2 Å². The molecule has 0 aliphatic carbocycles. The summed E-state index contributed by atoms with van der Waals surface area (Å²) < 4.78 is 21.0. The number of fused-ring (bicyclic) bond motifs is 1. The van der Waals surface area contributed by atoms with Gasteiger partial charge in [0.15, 0.2) is 6.10 Å². The van der Waals surface area contributed by atoms with E-state index < -0.39 is 69.9 Å². The molecule has 2 aliphatic rings. The summed E-state index contributed by atoms with van der Waals surface area (Å²) in [5.74, 6) is -3.10. The molecule has 5 rings (SSSR count). The number of nitrogens with one attached hydrogen (secondary N) is 2. The van der Waals surface area contributed by atoms with Gasteiger partial charge in [-0.25, -0.2) is 14.4 Å². The fourth-order valence-corrected chi connectivity index (χ4v) is 7.51. The number of hydrogen-bond donors (Lipinski definition) is 2. The summed E-state index contributed by atoms with van der Waals surface area (Å²) in [6.45, 7) is 12.9. The molecular formula is C38H43ClN6O9S2. The first-order valence-electron chi connectivity index (χ1n) is 17.5. The predicted octanol–water partition coefficient (Wildman–Crippen LogP) is 5.95. The lowest BCUT2D eigenvalue weighted by molar-refractivity contribution is -0.179. The van der Waals surface area contributed by atoms with Gasteiger partial charge in [0.05, 0.1) is 0 Å². The van der Waals surface area contributed by atoms with Crippen molar-refractivity contribution in [2.45, 2.75) is 89.7 Å². The number of halogens is 1. The third-order valence-electron chi connectivity index (χ3n) is 7.83. The second-order valence-electron chi connectivity index (χ2n) is 15.1. The van der Waals surface area contributed by atoms with Gasteiger partial charge in [0.1, 0.15) is 28.3 Å². The highest BCUT2D eigenvalue weighted by Gasteiger charge is 2.55. The molecule has 18 heteroatoms. The molecule has 1 fully saturated rings. The fourth-order valence-electron chi connectivity index (χ4n) is 5.27. The van der Waals surface area contributed by atoms with Gasteiger partial charge in [0.25, 0.3) is 11.8 Å². The maximum absolute atomic E-state index is 14.0. The Balaban J connectivity index is 1.39. The van der Waals surface area contributed by atoms with Crippen LogP contribution in [-0.2, 0) is 38.2 Å². The van der Waals surface area contributed by atoms with Crippen LogP contribution >= 0.6 is 34.9 Å². The molecule has 15 nitrogen and oxygen atoms in total. The smallest absolute Gasteiger partial charge is 0.414 e. The van der Waals surface area contributed by atoms with Crippen LogP contribution in [-0.4, -0.2) is 89.7 Å². The molecule has 0 unspecified atom stereocenters. The summed E-state index contributed by atoms with van der Waals surface area (Å²) >= 11 is 8.33. The first kappa shape index (κ1) is 42.1. The minimum absolute atomic E-state index is 0.00599. The number of oxime groups is 1. The van der Waals surface area contributed by atoms with E-state index in [0.29, 0.717) is 5.57 Å². The van der Waals surface area contributed by atoms with Gasteiger partial charge in [-0.3, -0.25) is 19.8 Å². The molecule has 2 atom stereocenters. The summed E-state index contributed by atoms with van der Waals surface area (Å²) in [6.07, 6.45) is -1.59. The first-order valence-corrected chi connectivity index (χ1v) is 19.8. The Hall–Kier alpha value is -5.00. The first-order chi connectivity index (χ1) is 26.3. The molecule has 56 heavy (non-hydrogen) atoms. The third kappa shape index (κ3) is 10.2. The van der Waals surface area contributed by atoms with E-state index in [-0.39, 0.29) is 28.3 Å². The minimum Gasteiger partial charge on any atom is -0.457 e. The number of benzene rings is 2. The Labute approximate surface area is 337 Å². The van der Waals surface area contributed by atoms with Gasteiger partial charge in [-0.15, -0.1) is 23.4 Å². The van der Waals surface area contributed by atoms with E-state index in [1.54, 1.807) is 41.5 Å². The van der Waals surface area contributed by atoms with Crippen molar-refractivity contribution in [3.05, 3.63) is 88.9 Å². The van der Waals surface area contributed by atoms with E-state index >= 15 is 0 Å². The van der Waals surface area contributed by atoms with E-state index in [1.165, 1.54) is 30.5 Å². The predicted molar refractivity (Wildman–Crippen MR) is 211 cm³/mol. The molecule has 0 spiro atoms. The Morgan fingerprint density at radius 3 is 2.07 bits per heavy atom. The second-order valence-corrected chi connectivity index (χ2v) is 17.3. The zero-order chi connectivity index (χ0) is 41.0. The second kappa shape index (κ2) is 17.0. The van der Waals surface area contributed by atoms with Crippen molar-refractivity contribution in [1.29, 1.82) is 0 Å². The standard InChI is InChI=1S/C38H43ClN6O9S2/c1-36(2,3)52-33(49)38(7,8)54-43-24(28-41-34(56-44-28)42-35(50)53-37(4,5)6)29(46)40-25-30(47)45-26(23(19-39)20-55-31(25)45)32(48)51-27(21-15-11-9-12-16-21)22-17-13-10-14-18-22/h9-18,25,27,31H,19-20H2,1-8H3,(H,40,46)(H,41,42,44,50)/b43-24-/t25-,31+/m1/s1. The zero-order valence-electron chi connectivity index (χ0n) is 32.1. The van der Waals surface area contributed by atoms with E-state index in [4.69, 9.17) is 30.6 Å². The molecule has 0 bridgehead atoms. The highest BCUT2D eigenvalue weighted by Crippen LogP contribution is 2.42. The molecule has 2 aromatic carbocycles. The topological polar surface area (TPSA) is 188 Å². The van der Waals surface area contributed by atoms with Crippen LogP contribution in [0, 0.1) is 0 Å². The molecule has 2 aliphatic heterocycles. The van der Waals surface area contributed by atoms with E-state index in [0.717, 1.165) is 22.7 Å². The zero-order valence-corrected chi connectivity index (χ0v) is 34.5. The molecular weight excluding hydrogens is 784 g/mol. The lowest BCUT2D eigenvalue weighted by Crippen LogP contribution is -2.71. The van der Waals surface area contributed by atoms with Crippen LogP contribution in [0.2, 0.25) is 0 Å². The monoisotopic (exact) mass is 826 g/mol. The number of esters is 2. The largest absolute Gasteiger partial charge is 0.457 e. The lowest BCUT2D eigenvalue weighted by atomic mass is 10.0. The number of thioether (sulfide) groups is 1. The van der Waals surface area contributed by atoms with Crippen LogP contribution in [0.1, 0.15) is 78.4 Å². The number of aromatic nitrogens is 2. The van der Waals surface area contributed by atoms with E-state index in [1.807, 2.05) is 60.7 Å². The summed E-state index contributed by atoms with van der Waals surface area (Å²) in [5, 5.41) is 8.34. The summed E-state index contributed by atoms with van der Waals surface area (Å²) in [7, 11) is 0. The fraction of sp³-hybridized carbons (Fsp3) is 0.421. The Bertz CT molecular complexity index is 1990. The van der Waals surface area contributed by atoms with Gasteiger partial charge >= 0.3 is 18.0 Å².